The second-order valence-corrected chi connectivity index (χ2v) is 6.01. The predicted octanol–water partition coefficient (Wildman–Crippen LogP) is 0.844. The molecule has 6 heteroatoms. The highest BCUT2D eigenvalue weighted by Gasteiger charge is 1.97. The molecule has 0 aliphatic heterocycles. The molecule has 0 unspecified atom stereocenters. The minimum Gasteiger partial charge on any atom is -0.316 e. The number of aromatic nitrogens is 2. The minimum atomic E-state index is -0.305. The maximum Gasteiger partial charge on any atom is 0.272 e. The molecule has 3 heterocycles. The Kier molecular flexibility index (Phi) is 3.49. The van der Waals surface area contributed by atoms with Crippen LogP contribution in [0.1, 0.15) is 9.75 Å². The van der Waals surface area contributed by atoms with Gasteiger partial charge >= 0.3 is 0 Å². The summed E-state index contributed by atoms with van der Waals surface area (Å²) in [5.74, 6) is 0. The van der Waals surface area contributed by atoms with E-state index in [1.807, 2.05) is 35.0 Å². The van der Waals surface area contributed by atoms with Crippen molar-refractivity contribution in [3.8, 4) is 0 Å². The number of aromatic amines is 2. The monoisotopic (exact) mass is 302 g/mol. The van der Waals surface area contributed by atoms with Gasteiger partial charge in [-0.2, -0.15) is 0 Å². The van der Waals surface area contributed by atoms with E-state index in [0.29, 0.717) is 0 Å². The van der Waals surface area contributed by atoms with Gasteiger partial charge in [-0.05, 0) is 35.0 Å². The Morgan fingerprint density at radius 3 is 1.60 bits per heavy atom. The number of hydrogen-bond acceptors (Lipinski definition) is 4. The Morgan fingerprint density at radius 2 is 1.25 bits per heavy atom. The SMILES string of the molecule is O=c1[nH]c(=Cc2cccs2)c(=O)[nH]c1=Cc1cccs1. The second-order valence-electron chi connectivity index (χ2n) is 4.06. The molecule has 2 N–H and O–H groups in total. The Balaban J connectivity index is 2.18. The Morgan fingerprint density at radius 1 is 0.800 bits per heavy atom. The lowest BCUT2D eigenvalue weighted by Crippen LogP contribution is -2.46. The van der Waals surface area contributed by atoms with Crippen LogP contribution >= 0.6 is 22.7 Å². The van der Waals surface area contributed by atoms with Crippen LogP contribution in [0.2, 0.25) is 0 Å². The van der Waals surface area contributed by atoms with E-state index in [9.17, 15) is 9.59 Å². The highest BCUT2D eigenvalue weighted by Crippen LogP contribution is 2.08. The van der Waals surface area contributed by atoms with Gasteiger partial charge in [-0.1, -0.05) is 12.1 Å². The zero-order chi connectivity index (χ0) is 13.9. The van der Waals surface area contributed by atoms with E-state index in [2.05, 4.69) is 9.97 Å². The van der Waals surface area contributed by atoms with Gasteiger partial charge in [0.25, 0.3) is 11.1 Å². The van der Waals surface area contributed by atoms with Crippen molar-refractivity contribution in [2.24, 2.45) is 0 Å². The number of nitrogens with one attached hydrogen (secondary N) is 2. The molecule has 0 aliphatic carbocycles. The molecule has 100 valence electrons. The largest absolute Gasteiger partial charge is 0.316 e. The van der Waals surface area contributed by atoms with Crippen LogP contribution < -0.4 is 21.8 Å². The molecular formula is C14H10N2O2S2. The van der Waals surface area contributed by atoms with E-state index in [4.69, 9.17) is 0 Å². The summed E-state index contributed by atoms with van der Waals surface area (Å²) >= 11 is 3.01. The first-order chi connectivity index (χ1) is 9.72. The summed E-state index contributed by atoms with van der Waals surface area (Å²) in [5.41, 5.74) is -0.610. The molecule has 0 fully saturated rings. The summed E-state index contributed by atoms with van der Waals surface area (Å²) in [6, 6.07) is 7.55. The lowest BCUT2D eigenvalue weighted by molar-refractivity contribution is 1.00. The number of thiophene rings is 2. The number of rotatable bonds is 2. The van der Waals surface area contributed by atoms with Gasteiger partial charge in [-0.3, -0.25) is 9.59 Å². The van der Waals surface area contributed by atoms with E-state index >= 15 is 0 Å². The molecule has 4 nitrogen and oxygen atoms in total. The summed E-state index contributed by atoms with van der Waals surface area (Å²) in [6.07, 6.45) is 3.33. The van der Waals surface area contributed by atoms with Crippen molar-refractivity contribution in [3.05, 3.63) is 76.2 Å². The van der Waals surface area contributed by atoms with Crippen LogP contribution in [-0.4, -0.2) is 9.97 Å². The van der Waals surface area contributed by atoms with Crippen molar-refractivity contribution in [1.29, 1.82) is 0 Å². The molecule has 3 aromatic heterocycles. The lowest BCUT2D eigenvalue weighted by Gasteiger charge is -1.90. The van der Waals surface area contributed by atoms with Crippen molar-refractivity contribution in [3.63, 3.8) is 0 Å². The van der Waals surface area contributed by atoms with E-state index in [-0.39, 0.29) is 21.8 Å². The zero-order valence-electron chi connectivity index (χ0n) is 10.3. The topological polar surface area (TPSA) is 65.7 Å². The molecule has 0 aromatic carbocycles. The van der Waals surface area contributed by atoms with Gasteiger partial charge < -0.3 is 9.97 Å². The van der Waals surface area contributed by atoms with Crippen molar-refractivity contribution in [1.82, 2.24) is 9.97 Å². The molecule has 0 aliphatic rings. The van der Waals surface area contributed by atoms with Crippen LogP contribution in [0.25, 0.3) is 12.2 Å². The van der Waals surface area contributed by atoms with Gasteiger partial charge in [0.15, 0.2) is 0 Å². The van der Waals surface area contributed by atoms with Crippen LogP contribution in [-0.2, 0) is 0 Å². The smallest absolute Gasteiger partial charge is 0.272 e. The van der Waals surface area contributed by atoms with Crippen molar-refractivity contribution in [2.45, 2.75) is 0 Å². The Labute approximate surface area is 121 Å². The summed E-state index contributed by atoms with van der Waals surface area (Å²) < 4.78 is 0. The summed E-state index contributed by atoms with van der Waals surface area (Å²) in [5, 5.41) is 4.36. The van der Waals surface area contributed by atoms with Gasteiger partial charge in [0.05, 0.1) is 0 Å². The van der Waals surface area contributed by atoms with Crippen molar-refractivity contribution < 1.29 is 0 Å². The summed E-state index contributed by atoms with van der Waals surface area (Å²) in [4.78, 5) is 31.0. The summed E-state index contributed by atoms with van der Waals surface area (Å²) in [6.45, 7) is 0. The van der Waals surface area contributed by atoms with Gasteiger partial charge in [-0.25, -0.2) is 0 Å². The molecule has 0 saturated carbocycles. The van der Waals surface area contributed by atoms with Crippen LogP contribution in [0.3, 0.4) is 0 Å². The summed E-state index contributed by atoms with van der Waals surface area (Å²) in [7, 11) is 0. The molecule has 0 radical (unpaired) electrons. The van der Waals surface area contributed by atoms with Gasteiger partial charge in [0.2, 0.25) is 0 Å². The quantitative estimate of drug-likeness (QED) is 0.737. The molecule has 0 amide bonds. The van der Waals surface area contributed by atoms with Gasteiger partial charge in [-0.15, -0.1) is 22.7 Å². The van der Waals surface area contributed by atoms with Crippen LogP contribution in [0.5, 0.6) is 0 Å². The maximum absolute atomic E-state index is 12.0. The predicted molar refractivity (Wildman–Crippen MR) is 82.7 cm³/mol. The zero-order valence-corrected chi connectivity index (χ0v) is 11.9. The fourth-order valence-electron chi connectivity index (χ4n) is 1.73. The minimum absolute atomic E-state index is 0.265. The van der Waals surface area contributed by atoms with E-state index < -0.39 is 0 Å². The molecule has 3 aromatic rings. The molecule has 0 saturated heterocycles. The standard InChI is InChI=1S/C14H10N2O2S2/c17-13-11(7-9-3-1-5-19-9)15-14(18)12(16-13)8-10-4-2-6-20-10/h1-8H,(H,15,18)(H,16,17). The average Bonchev–Trinajstić information content (AvgIpc) is 3.08. The molecule has 3 rings (SSSR count). The lowest BCUT2D eigenvalue weighted by atomic mass is 10.4. The van der Waals surface area contributed by atoms with E-state index in [0.717, 1.165) is 9.75 Å². The Bertz CT molecular complexity index is 852. The average molecular weight is 302 g/mol. The normalized spacial score (nSPS) is 13.0. The third-order valence-electron chi connectivity index (χ3n) is 2.65. The first-order valence-corrected chi connectivity index (χ1v) is 7.61. The van der Waals surface area contributed by atoms with Gasteiger partial charge in [0, 0.05) is 9.75 Å². The van der Waals surface area contributed by atoms with Crippen LogP contribution in [0.4, 0.5) is 0 Å². The van der Waals surface area contributed by atoms with E-state index in [1.165, 1.54) is 22.7 Å². The van der Waals surface area contributed by atoms with E-state index in [1.54, 1.807) is 12.2 Å². The Hall–Kier alpha value is -2.18. The highest BCUT2D eigenvalue weighted by atomic mass is 32.1. The molecule has 20 heavy (non-hydrogen) atoms. The molecule has 0 bridgehead atoms. The van der Waals surface area contributed by atoms with Crippen LogP contribution in [0, 0.1) is 0 Å². The highest BCUT2D eigenvalue weighted by molar-refractivity contribution is 7.11. The first-order valence-electron chi connectivity index (χ1n) is 5.85. The maximum atomic E-state index is 12.0. The number of H-pyrrole nitrogens is 2. The first kappa shape index (κ1) is 12.8. The van der Waals surface area contributed by atoms with Crippen molar-refractivity contribution in [2.75, 3.05) is 0 Å². The third-order valence-corrected chi connectivity index (χ3v) is 4.28. The third kappa shape index (κ3) is 2.71. The fraction of sp³-hybridized carbons (Fsp3) is 0. The molecular weight excluding hydrogens is 292 g/mol. The second kappa shape index (κ2) is 5.44. The number of hydrogen-bond donors (Lipinski definition) is 2. The van der Waals surface area contributed by atoms with Crippen LogP contribution in [0.15, 0.2) is 44.6 Å². The fourth-order valence-corrected chi connectivity index (χ4v) is 3.04. The van der Waals surface area contributed by atoms with Gasteiger partial charge in [0.1, 0.15) is 10.7 Å². The van der Waals surface area contributed by atoms with Crippen molar-refractivity contribution >= 4 is 34.8 Å². The molecule has 0 spiro atoms. The molecule has 0 atom stereocenters.